The molecule has 0 aromatic carbocycles. The van der Waals surface area contributed by atoms with Crippen molar-refractivity contribution in [3.05, 3.63) is 12.3 Å². The Morgan fingerprint density at radius 3 is 2.65 bits per heavy atom. The van der Waals surface area contributed by atoms with Crippen molar-refractivity contribution in [1.82, 2.24) is 9.78 Å². The molecule has 0 aliphatic carbocycles. The van der Waals surface area contributed by atoms with Gasteiger partial charge >= 0.3 is 5.91 Å². The molecule has 7 heteroatoms. The third-order valence-electron chi connectivity index (χ3n) is 3.46. The predicted molar refractivity (Wildman–Crippen MR) is 71.5 cm³/mol. The van der Waals surface area contributed by atoms with Gasteiger partial charge < -0.3 is 10.5 Å². The molecular weight excluding hydrogens is 260 g/mol. The Hall–Kier alpha value is -2.33. The maximum atomic E-state index is 12.1. The summed E-state index contributed by atoms with van der Waals surface area (Å²) < 4.78 is 6.78. The Morgan fingerprint density at radius 1 is 1.55 bits per heavy atom. The third kappa shape index (κ3) is 2.26. The Labute approximate surface area is 116 Å². The number of carbonyl (C=O) groups excluding carboxylic acids is 2. The normalized spacial score (nSPS) is 17.2. The molecule has 2 N–H and O–H groups in total. The van der Waals surface area contributed by atoms with E-state index in [1.807, 2.05) is 5.92 Å². The van der Waals surface area contributed by atoms with Crippen molar-refractivity contribution in [2.45, 2.75) is 18.4 Å². The van der Waals surface area contributed by atoms with Gasteiger partial charge in [0.15, 0.2) is 5.82 Å². The quantitative estimate of drug-likeness (QED) is 0.748. The van der Waals surface area contributed by atoms with Crippen LogP contribution in [-0.4, -0.2) is 40.3 Å². The van der Waals surface area contributed by atoms with Crippen LogP contribution in [0.15, 0.2) is 12.3 Å². The van der Waals surface area contributed by atoms with Gasteiger partial charge in [-0.05, 0) is 5.92 Å². The lowest BCUT2D eigenvalue weighted by molar-refractivity contribution is -0.130. The molecule has 0 unspecified atom stereocenters. The molecule has 1 aliphatic heterocycles. The van der Waals surface area contributed by atoms with Gasteiger partial charge in [0.25, 0.3) is 0 Å². The average molecular weight is 276 g/mol. The van der Waals surface area contributed by atoms with Gasteiger partial charge in [-0.25, -0.2) is 0 Å². The second-order valence-corrected chi connectivity index (χ2v) is 4.64. The lowest BCUT2D eigenvalue weighted by Gasteiger charge is -2.41. The van der Waals surface area contributed by atoms with E-state index >= 15 is 0 Å². The minimum Gasteiger partial charge on any atom is -0.381 e. The second kappa shape index (κ2) is 5.35. The molecule has 1 saturated heterocycles. The minimum absolute atomic E-state index is 0.298. The smallest absolute Gasteiger partial charge is 0.304 e. The maximum absolute atomic E-state index is 12.1. The van der Waals surface area contributed by atoms with E-state index in [0.29, 0.717) is 31.9 Å². The van der Waals surface area contributed by atoms with Crippen LogP contribution >= 0.6 is 0 Å². The lowest BCUT2D eigenvalue weighted by atomic mass is 9.87. The number of hydrogen-bond acceptors (Lipinski definition) is 4. The van der Waals surface area contributed by atoms with Crippen molar-refractivity contribution in [3.8, 4) is 12.3 Å². The van der Waals surface area contributed by atoms with Crippen LogP contribution in [0.4, 0.5) is 5.82 Å². The fraction of sp³-hybridized carbons (Fsp3) is 0.462. The third-order valence-corrected chi connectivity index (χ3v) is 3.46. The van der Waals surface area contributed by atoms with E-state index < -0.39 is 17.4 Å². The number of carbonyl (C=O) groups is 2. The molecule has 106 valence electrons. The number of aromatic nitrogens is 2. The van der Waals surface area contributed by atoms with Crippen LogP contribution in [0.1, 0.15) is 12.8 Å². The number of nitrogens with two attached hydrogens (primary N) is 1. The number of primary amides is 1. The van der Waals surface area contributed by atoms with Crippen LogP contribution in [0, 0.1) is 12.3 Å². The van der Waals surface area contributed by atoms with Crippen LogP contribution < -0.4 is 10.6 Å². The van der Waals surface area contributed by atoms with Crippen molar-refractivity contribution in [1.29, 1.82) is 0 Å². The van der Waals surface area contributed by atoms with Gasteiger partial charge in [0.2, 0.25) is 5.91 Å². The lowest BCUT2D eigenvalue weighted by Crippen LogP contribution is -2.62. The number of nitrogens with zero attached hydrogens (tertiary/aromatic N) is 3. The van der Waals surface area contributed by atoms with Crippen LogP contribution in [0.5, 0.6) is 0 Å². The van der Waals surface area contributed by atoms with E-state index in [1.54, 1.807) is 19.3 Å². The molecule has 0 radical (unpaired) electrons. The fourth-order valence-electron chi connectivity index (χ4n) is 2.39. The minimum atomic E-state index is -1.18. The first kappa shape index (κ1) is 14.1. The molecule has 1 aromatic heterocycles. The number of rotatable bonds is 3. The fourth-order valence-corrected chi connectivity index (χ4v) is 2.39. The molecule has 0 atom stereocenters. The highest BCUT2D eigenvalue weighted by molar-refractivity contribution is 6.10. The summed E-state index contributed by atoms with van der Waals surface area (Å²) in [6, 6.07) is 1.62. The highest BCUT2D eigenvalue weighted by atomic mass is 16.5. The largest absolute Gasteiger partial charge is 0.381 e. The molecule has 2 heterocycles. The SMILES string of the molecule is C#CC(=O)N(c1ccn(C)n1)C1(C(N)=O)CCOCC1. The Bertz CT molecular complexity index is 566. The number of hydrogen-bond donors (Lipinski definition) is 1. The highest BCUT2D eigenvalue weighted by Gasteiger charge is 2.47. The van der Waals surface area contributed by atoms with Crippen molar-refractivity contribution in [3.63, 3.8) is 0 Å². The number of terminal acetylenes is 1. The van der Waals surface area contributed by atoms with E-state index in [0.717, 1.165) is 0 Å². The second-order valence-electron chi connectivity index (χ2n) is 4.64. The zero-order valence-corrected chi connectivity index (χ0v) is 11.2. The molecular formula is C13H16N4O3. The zero-order valence-electron chi connectivity index (χ0n) is 11.2. The number of ether oxygens (including phenoxy) is 1. The van der Waals surface area contributed by atoms with Crippen molar-refractivity contribution >= 4 is 17.6 Å². The van der Waals surface area contributed by atoms with Gasteiger partial charge in [0, 0.05) is 45.4 Å². The Morgan fingerprint density at radius 2 is 2.20 bits per heavy atom. The Kier molecular flexibility index (Phi) is 3.77. The number of anilines is 1. The summed E-state index contributed by atoms with van der Waals surface area (Å²) in [6.07, 6.45) is 7.49. The van der Waals surface area contributed by atoms with E-state index in [1.165, 1.54) is 9.58 Å². The van der Waals surface area contributed by atoms with Crippen LogP contribution in [0.25, 0.3) is 0 Å². The molecule has 1 aromatic rings. The summed E-state index contributed by atoms with van der Waals surface area (Å²) in [4.78, 5) is 25.3. The van der Waals surface area contributed by atoms with Gasteiger partial charge in [-0.2, -0.15) is 5.10 Å². The summed E-state index contributed by atoms with van der Waals surface area (Å²) in [7, 11) is 1.71. The molecule has 0 saturated carbocycles. The number of amides is 2. The molecule has 2 amide bonds. The van der Waals surface area contributed by atoms with Crippen molar-refractivity contribution < 1.29 is 14.3 Å². The first-order chi connectivity index (χ1) is 9.51. The average Bonchev–Trinajstić information content (AvgIpc) is 2.85. The maximum Gasteiger partial charge on any atom is 0.304 e. The molecule has 0 bridgehead atoms. The van der Waals surface area contributed by atoms with E-state index in [4.69, 9.17) is 16.9 Å². The van der Waals surface area contributed by atoms with E-state index in [2.05, 4.69) is 5.10 Å². The van der Waals surface area contributed by atoms with Crippen LogP contribution in [0.2, 0.25) is 0 Å². The first-order valence-electron chi connectivity index (χ1n) is 6.19. The summed E-state index contributed by atoms with van der Waals surface area (Å²) in [5.74, 6) is 1.12. The van der Waals surface area contributed by atoms with Crippen molar-refractivity contribution in [2.75, 3.05) is 18.1 Å². The van der Waals surface area contributed by atoms with Gasteiger partial charge in [0.05, 0.1) is 0 Å². The van der Waals surface area contributed by atoms with Gasteiger partial charge in [-0.3, -0.25) is 19.2 Å². The summed E-state index contributed by atoms with van der Waals surface area (Å²) in [6.45, 7) is 0.675. The standard InChI is InChI=1S/C13H16N4O3/c1-3-11(18)17(10-4-7-16(2)15-10)13(12(14)19)5-8-20-9-6-13/h1,4,7H,5-6,8-9H2,2H3,(H2,14,19). The molecule has 1 fully saturated rings. The van der Waals surface area contributed by atoms with Crippen molar-refractivity contribution in [2.24, 2.45) is 12.8 Å². The topological polar surface area (TPSA) is 90.5 Å². The number of aryl methyl sites for hydroxylation is 1. The first-order valence-corrected chi connectivity index (χ1v) is 6.19. The van der Waals surface area contributed by atoms with Crippen LogP contribution in [-0.2, 0) is 21.4 Å². The molecule has 20 heavy (non-hydrogen) atoms. The van der Waals surface area contributed by atoms with Gasteiger partial charge in [-0.15, -0.1) is 6.42 Å². The summed E-state index contributed by atoms with van der Waals surface area (Å²) in [5.41, 5.74) is 4.36. The van der Waals surface area contributed by atoms with Crippen LogP contribution in [0.3, 0.4) is 0 Å². The van der Waals surface area contributed by atoms with E-state index in [9.17, 15) is 9.59 Å². The van der Waals surface area contributed by atoms with Gasteiger partial charge in [-0.1, -0.05) is 0 Å². The molecule has 7 nitrogen and oxygen atoms in total. The molecule has 1 aliphatic rings. The predicted octanol–water partition coefficient (Wildman–Crippen LogP) is -0.579. The summed E-state index contributed by atoms with van der Waals surface area (Å²) in [5, 5.41) is 4.16. The monoisotopic (exact) mass is 276 g/mol. The molecule has 2 rings (SSSR count). The summed E-state index contributed by atoms with van der Waals surface area (Å²) >= 11 is 0. The van der Waals surface area contributed by atoms with E-state index in [-0.39, 0.29) is 0 Å². The molecule has 0 spiro atoms. The Balaban J connectivity index is 2.51. The van der Waals surface area contributed by atoms with Gasteiger partial charge in [0.1, 0.15) is 5.54 Å². The zero-order chi connectivity index (χ0) is 14.8. The highest BCUT2D eigenvalue weighted by Crippen LogP contribution is 2.31.